The molecule has 2 atom stereocenters. The van der Waals surface area contributed by atoms with Gasteiger partial charge in [-0.05, 0) is 18.4 Å². The normalized spacial score (nSPS) is 27.2. The van der Waals surface area contributed by atoms with E-state index in [1.165, 1.54) is 21.3 Å². The monoisotopic (exact) mass is 259 g/mol. The van der Waals surface area contributed by atoms with E-state index in [2.05, 4.69) is 5.10 Å². The van der Waals surface area contributed by atoms with Gasteiger partial charge in [0.05, 0.1) is 12.3 Å². The molecule has 1 aromatic heterocycles. The first-order valence-electron chi connectivity index (χ1n) is 5.59. The number of aliphatic hydroxyl groups is 1. The zero-order chi connectivity index (χ0) is 12.6. The Kier molecular flexibility index (Phi) is 3.24. The summed E-state index contributed by atoms with van der Waals surface area (Å²) < 4.78 is 27.2. The van der Waals surface area contributed by atoms with Gasteiger partial charge in [-0.25, -0.2) is 8.42 Å². The summed E-state index contributed by atoms with van der Waals surface area (Å²) in [5, 5.41) is 13.8. The Morgan fingerprint density at radius 2 is 2.24 bits per heavy atom. The van der Waals surface area contributed by atoms with Crippen molar-refractivity contribution >= 4 is 10.0 Å². The van der Waals surface area contributed by atoms with E-state index in [4.69, 9.17) is 0 Å². The molecule has 2 unspecified atom stereocenters. The van der Waals surface area contributed by atoms with Crippen LogP contribution in [0.2, 0.25) is 0 Å². The highest BCUT2D eigenvalue weighted by Gasteiger charge is 2.34. The molecule has 0 radical (unpaired) electrons. The molecule has 6 nitrogen and oxygen atoms in total. The molecule has 1 N–H and O–H groups in total. The molecule has 0 spiro atoms. The van der Waals surface area contributed by atoms with E-state index in [1.54, 1.807) is 7.05 Å². The molecule has 1 aliphatic heterocycles. The largest absolute Gasteiger partial charge is 0.391 e. The Hall–Kier alpha value is -0.920. The van der Waals surface area contributed by atoms with E-state index in [-0.39, 0.29) is 17.5 Å². The quantitative estimate of drug-likeness (QED) is 0.799. The summed E-state index contributed by atoms with van der Waals surface area (Å²) in [6.07, 6.45) is 1.54. The molecule has 0 aromatic carbocycles. The van der Waals surface area contributed by atoms with E-state index in [0.717, 1.165) is 0 Å². The average Bonchev–Trinajstić information content (AvgIpc) is 2.69. The van der Waals surface area contributed by atoms with Crippen LogP contribution in [0.5, 0.6) is 0 Å². The van der Waals surface area contributed by atoms with Gasteiger partial charge in [0.1, 0.15) is 0 Å². The van der Waals surface area contributed by atoms with Crippen LogP contribution >= 0.6 is 0 Å². The van der Waals surface area contributed by atoms with Crippen molar-refractivity contribution in [1.82, 2.24) is 14.1 Å². The molecule has 96 valence electrons. The lowest BCUT2D eigenvalue weighted by molar-refractivity contribution is 0.0603. The molecule has 1 fully saturated rings. The van der Waals surface area contributed by atoms with Crippen LogP contribution in [0.4, 0.5) is 0 Å². The number of hydrogen-bond donors (Lipinski definition) is 1. The Morgan fingerprint density at radius 1 is 1.53 bits per heavy atom. The van der Waals surface area contributed by atoms with Gasteiger partial charge in [0.25, 0.3) is 10.0 Å². The number of nitrogens with zero attached hydrogens (tertiary/aromatic N) is 3. The molecule has 2 heterocycles. The summed E-state index contributed by atoms with van der Waals surface area (Å²) in [6.45, 7) is 2.54. The molecular formula is C10H17N3O3S. The third-order valence-corrected chi connectivity index (χ3v) is 5.20. The van der Waals surface area contributed by atoms with Crippen molar-refractivity contribution in [2.45, 2.75) is 24.5 Å². The first kappa shape index (κ1) is 12.5. The van der Waals surface area contributed by atoms with Crippen LogP contribution in [0.25, 0.3) is 0 Å². The molecule has 1 aliphatic rings. The maximum atomic E-state index is 12.3. The van der Waals surface area contributed by atoms with Gasteiger partial charge in [-0.1, -0.05) is 6.92 Å². The van der Waals surface area contributed by atoms with Gasteiger partial charge in [0, 0.05) is 20.1 Å². The Morgan fingerprint density at radius 3 is 2.76 bits per heavy atom. The zero-order valence-corrected chi connectivity index (χ0v) is 10.8. The van der Waals surface area contributed by atoms with Crippen LogP contribution < -0.4 is 0 Å². The summed E-state index contributed by atoms with van der Waals surface area (Å²) in [4.78, 5) is 0. The number of β-amino-alcohol motifs (C(OH)–C–C–N with tert-alkyl or cyclic N) is 1. The number of piperidine rings is 1. The van der Waals surface area contributed by atoms with Crippen molar-refractivity contribution < 1.29 is 13.5 Å². The van der Waals surface area contributed by atoms with Crippen LogP contribution in [-0.4, -0.2) is 46.8 Å². The van der Waals surface area contributed by atoms with Gasteiger partial charge in [-0.3, -0.25) is 4.68 Å². The van der Waals surface area contributed by atoms with Gasteiger partial charge in [0.2, 0.25) is 0 Å². The highest BCUT2D eigenvalue weighted by molar-refractivity contribution is 7.89. The topological polar surface area (TPSA) is 75.4 Å². The van der Waals surface area contributed by atoms with Gasteiger partial charge in [0.15, 0.2) is 5.03 Å². The smallest absolute Gasteiger partial charge is 0.260 e. The third-order valence-electron chi connectivity index (χ3n) is 3.26. The first-order chi connectivity index (χ1) is 7.93. The molecule has 1 aromatic rings. The highest BCUT2D eigenvalue weighted by Crippen LogP contribution is 2.23. The highest BCUT2D eigenvalue weighted by atomic mass is 32.2. The van der Waals surface area contributed by atoms with Crippen molar-refractivity contribution in [1.29, 1.82) is 0 Å². The predicted molar refractivity (Wildman–Crippen MR) is 61.8 cm³/mol. The second kappa shape index (κ2) is 4.40. The SMILES string of the molecule is CC1CCN(S(=O)(=O)c2ccnn2C)CC1O. The molecule has 7 heteroatoms. The Labute approximate surface area is 101 Å². The molecular weight excluding hydrogens is 242 g/mol. The lowest BCUT2D eigenvalue weighted by Crippen LogP contribution is -2.46. The lowest BCUT2D eigenvalue weighted by atomic mass is 9.98. The third kappa shape index (κ3) is 2.22. The summed E-state index contributed by atoms with van der Waals surface area (Å²) in [7, 11) is -1.94. The zero-order valence-electron chi connectivity index (χ0n) is 9.94. The Bertz CT molecular complexity index is 497. The fourth-order valence-corrected chi connectivity index (χ4v) is 3.56. The van der Waals surface area contributed by atoms with Crippen molar-refractivity contribution in [3.8, 4) is 0 Å². The van der Waals surface area contributed by atoms with Crippen molar-refractivity contribution in [3.63, 3.8) is 0 Å². The minimum atomic E-state index is -3.53. The van der Waals surface area contributed by atoms with Crippen molar-refractivity contribution in [2.75, 3.05) is 13.1 Å². The van der Waals surface area contributed by atoms with E-state index in [9.17, 15) is 13.5 Å². The van der Waals surface area contributed by atoms with Crippen LogP contribution in [0.1, 0.15) is 13.3 Å². The number of hydrogen-bond acceptors (Lipinski definition) is 4. The fraction of sp³-hybridized carbons (Fsp3) is 0.700. The number of aromatic nitrogens is 2. The number of sulfonamides is 1. The summed E-state index contributed by atoms with van der Waals surface area (Å²) in [5.41, 5.74) is 0. The molecule has 0 bridgehead atoms. The van der Waals surface area contributed by atoms with E-state index in [1.807, 2.05) is 6.92 Å². The van der Waals surface area contributed by atoms with Crippen molar-refractivity contribution in [2.24, 2.45) is 13.0 Å². The summed E-state index contributed by atoms with van der Waals surface area (Å²) >= 11 is 0. The summed E-state index contributed by atoms with van der Waals surface area (Å²) in [6, 6.07) is 1.47. The number of aryl methyl sites for hydroxylation is 1. The molecule has 2 rings (SSSR count). The minimum Gasteiger partial charge on any atom is -0.391 e. The molecule has 0 aliphatic carbocycles. The average molecular weight is 259 g/mol. The van der Waals surface area contributed by atoms with Gasteiger partial charge in [-0.2, -0.15) is 9.40 Å². The Balaban J connectivity index is 2.26. The van der Waals surface area contributed by atoms with Gasteiger partial charge >= 0.3 is 0 Å². The van der Waals surface area contributed by atoms with Gasteiger partial charge in [-0.15, -0.1) is 0 Å². The number of aliphatic hydroxyl groups excluding tert-OH is 1. The van der Waals surface area contributed by atoms with Crippen LogP contribution in [0.3, 0.4) is 0 Å². The fourth-order valence-electron chi connectivity index (χ4n) is 1.99. The summed E-state index contributed by atoms with van der Waals surface area (Å²) in [5.74, 6) is 0.146. The molecule has 0 saturated carbocycles. The van der Waals surface area contributed by atoms with E-state index >= 15 is 0 Å². The molecule has 17 heavy (non-hydrogen) atoms. The van der Waals surface area contributed by atoms with E-state index in [0.29, 0.717) is 13.0 Å². The van der Waals surface area contributed by atoms with Gasteiger partial charge < -0.3 is 5.11 Å². The maximum Gasteiger partial charge on any atom is 0.260 e. The van der Waals surface area contributed by atoms with Crippen LogP contribution in [0.15, 0.2) is 17.3 Å². The first-order valence-corrected chi connectivity index (χ1v) is 7.03. The van der Waals surface area contributed by atoms with Crippen LogP contribution in [-0.2, 0) is 17.1 Å². The van der Waals surface area contributed by atoms with Crippen molar-refractivity contribution in [3.05, 3.63) is 12.3 Å². The maximum absolute atomic E-state index is 12.3. The minimum absolute atomic E-state index is 0.146. The second-order valence-electron chi connectivity index (χ2n) is 4.49. The standard InChI is InChI=1S/C10H17N3O3S/c1-8-4-6-13(7-9(8)14)17(15,16)10-3-5-11-12(10)2/h3,5,8-9,14H,4,6-7H2,1-2H3. The molecule has 1 saturated heterocycles. The predicted octanol–water partition coefficient (Wildman–Crippen LogP) is -0.189. The molecule has 0 amide bonds. The second-order valence-corrected chi connectivity index (χ2v) is 6.37. The van der Waals surface area contributed by atoms with E-state index < -0.39 is 16.1 Å². The van der Waals surface area contributed by atoms with Crippen LogP contribution in [0, 0.1) is 5.92 Å². The number of rotatable bonds is 2. The lowest BCUT2D eigenvalue weighted by Gasteiger charge is -2.33.